The number of benzene rings is 3. The summed E-state index contributed by atoms with van der Waals surface area (Å²) in [4.78, 5) is 2.50. The van der Waals surface area contributed by atoms with E-state index in [0.29, 0.717) is 11.8 Å². The molecule has 0 saturated carbocycles. The summed E-state index contributed by atoms with van der Waals surface area (Å²) in [6, 6.07) is 26.6. The Hall–Kier alpha value is -5.60. The lowest BCUT2D eigenvalue weighted by Gasteiger charge is -2.33. The summed E-state index contributed by atoms with van der Waals surface area (Å²) in [6.45, 7) is 14.9. The van der Waals surface area contributed by atoms with Crippen LogP contribution < -0.4 is 5.32 Å². The summed E-state index contributed by atoms with van der Waals surface area (Å²) in [5.74, 6) is 0.922. The first kappa shape index (κ1) is 38.6. The average Bonchev–Trinajstić information content (AvgIpc) is 3.18. The van der Waals surface area contributed by atoms with Gasteiger partial charge in [0.15, 0.2) is 0 Å². The van der Waals surface area contributed by atoms with E-state index in [2.05, 4.69) is 202 Å². The molecule has 3 aromatic rings. The predicted molar refractivity (Wildman–Crippen MR) is 233 cm³/mol. The van der Waals surface area contributed by atoms with Gasteiger partial charge < -0.3 is 10.2 Å². The van der Waals surface area contributed by atoms with Crippen LogP contribution in [0.4, 0.5) is 5.69 Å². The second-order valence-electron chi connectivity index (χ2n) is 13.8. The molecule has 0 bridgehead atoms. The van der Waals surface area contributed by atoms with Gasteiger partial charge in [0.05, 0.1) is 0 Å². The number of rotatable bonds is 13. The lowest BCUT2D eigenvalue weighted by atomic mass is 9.81. The van der Waals surface area contributed by atoms with Crippen LogP contribution in [0.1, 0.15) is 55.0 Å². The van der Waals surface area contributed by atoms with Crippen molar-refractivity contribution in [1.82, 2.24) is 4.90 Å². The molecule has 5 rings (SSSR count). The number of allylic oxidation sites excluding steroid dienone is 17. The fourth-order valence-electron chi connectivity index (χ4n) is 6.84. The van der Waals surface area contributed by atoms with E-state index in [4.69, 9.17) is 0 Å². The first-order valence-electron chi connectivity index (χ1n) is 19.1. The molecule has 2 atom stereocenters. The Kier molecular flexibility index (Phi) is 14.9. The van der Waals surface area contributed by atoms with E-state index in [1.807, 2.05) is 12.2 Å². The van der Waals surface area contributed by atoms with Crippen LogP contribution in [0.2, 0.25) is 0 Å². The molecule has 270 valence electrons. The number of hydrogen-bond donors (Lipinski definition) is 1. The minimum atomic E-state index is 0.459. The van der Waals surface area contributed by atoms with Crippen molar-refractivity contribution in [2.45, 2.75) is 40.5 Å². The quantitative estimate of drug-likeness (QED) is 0.179. The molecule has 3 aromatic carbocycles. The number of aryl methyl sites for hydroxylation is 1. The summed E-state index contributed by atoms with van der Waals surface area (Å²) in [5.41, 5.74) is 12.5. The minimum Gasteiger partial charge on any atom is -0.382 e. The molecule has 2 nitrogen and oxygen atoms in total. The molecule has 0 radical (unpaired) electrons. The van der Waals surface area contributed by atoms with Crippen molar-refractivity contribution in [3.05, 3.63) is 216 Å². The Morgan fingerprint density at radius 3 is 2.47 bits per heavy atom. The van der Waals surface area contributed by atoms with Crippen LogP contribution in [0.15, 0.2) is 188 Å². The highest BCUT2D eigenvalue weighted by molar-refractivity contribution is 5.76. The van der Waals surface area contributed by atoms with Gasteiger partial charge in [-0.05, 0) is 104 Å². The zero-order chi connectivity index (χ0) is 37.3. The van der Waals surface area contributed by atoms with E-state index in [1.54, 1.807) is 6.08 Å². The van der Waals surface area contributed by atoms with Crippen molar-refractivity contribution in [1.29, 1.82) is 0 Å². The average molecular weight is 697 g/mol. The molecule has 0 spiro atoms. The normalized spacial score (nSPS) is 19.7. The SMILES string of the molecule is C=C/C=C\C=C(/C)c1ccc(NC/C=C\C(=C/Cc2ccc(C3=CC4C/C=C\C=C/CN(C(/C=C\C)=C/C)CC4C=C3)cc2)c2cccc(C)c2)cc1. The van der Waals surface area contributed by atoms with Gasteiger partial charge in [0.2, 0.25) is 0 Å². The van der Waals surface area contributed by atoms with Gasteiger partial charge in [-0.3, -0.25) is 0 Å². The van der Waals surface area contributed by atoms with E-state index in [0.717, 1.165) is 38.2 Å². The molecule has 1 aliphatic carbocycles. The summed E-state index contributed by atoms with van der Waals surface area (Å²) in [7, 11) is 0. The number of nitrogens with zero attached hydrogens (tertiary/aromatic N) is 1. The van der Waals surface area contributed by atoms with Crippen LogP contribution in [-0.2, 0) is 6.42 Å². The third kappa shape index (κ3) is 11.7. The van der Waals surface area contributed by atoms with Crippen LogP contribution in [0.5, 0.6) is 0 Å². The number of anilines is 1. The smallest absolute Gasteiger partial charge is 0.0362 e. The third-order valence-electron chi connectivity index (χ3n) is 9.86. The third-order valence-corrected chi connectivity index (χ3v) is 9.86. The summed E-state index contributed by atoms with van der Waals surface area (Å²) in [5, 5.41) is 3.55. The summed E-state index contributed by atoms with van der Waals surface area (Å²) in [6.07, 6.45) is 39.4. The lowest BCUT2D eigenvalue weighted by molar-refractivity contribution is 0.306. The van der Waals surface area contributed by atoms with Crippen molar-refractivity contribution in [3.8, 4) is 0 Å². The highest BCUT2D eigenvalue weighted by atomic mass is 15.1. The maximum absolute atomic E-state index is 3.74. The lowest BCUT2D eigenvalue weighted by Crippen LogP contribution is -2.32. The van der Waals surface area contributed by atoms with Crippen molar-refractivity contribution >= 4 is 22.4 Å². The van der Waals surface area contributed by atoms with E-state index < -0.39 is 0 Å². The number of fused-ring (bicyclic) bond motifs is 1. The zero-order valence-corrected chi connectivity index (χ0v) is 32.1. The van der Waals surface area contributed by atoms with Gasteiger partial charge >= 0.3 is 0 Å². The fraction of sp³-hybridized carbons (Fsp3) is 0.216. The molecule has 0 aromatic heterocycles. The van der Waals surface area contributed by atoms with Crippen molar-refractivity contribution in [3.63, 3.8) is 0 Å². The highest BCUT2D eigenvalue weighted by Gasteiger charge is 2.23. The molecule has 1 aliphatic heterocycles. The molecule has 2 heteroatoms. The van der Waals surface area contributed by atoms with Crippen molar-refractivity contribution in [2.24, 2.45) is 11.8 Å². The topological polar surface area (TPSA) is 15.3 Å². The Morgan fingerprint density at radius 2 is 1.72 bits per heavy atom. The number of nitrogens with one attached hydrogen (secondary N) is 1. The van der Waals surface area contributed by atoms with Crippen LogP contribution in [0.25, 0.3) is 16.7 Å². The van der Waals surface area contributed by atoms with Crippen LogP contribution in [0, 0.1) is 18.8 Å². The van der Waals surface area contributed by atoms with Gasteiger partial charge in [0.25, 0.3) is 0 Å². The van der Waals surface area contributed by atoms with Gasteiger partial charge in [-0.2, -0.15) is 0 Å². The Bertz CT molecular complexity index is 1970. The Morgan fingerprint density at radius 1 is 0.906 bits per heavy atom. The molecule has 53 heavy (non-hydrogen) atoms. The monoisotopic (exact) mass is 696 g/mol. The standard InChI is InChI=1S/C51H56N2/c1-6-9-12-19-41(5)43-31-33-50(34-32-43)52-35-16-22-44(46-21-15-18-40(4)37-46)26-23-42-24-27-45(28-25-42)48-29-30-49-39-53(51(8-3)17-7-2)36-14-11-10-13-20-47(49)38-48/h6-19,21-22,24-34,37-38,47,49,52H,1,20,23,35-36,39H2,2-5H3/b12-9-,13-10-,14-11-,17-7-,22-16-,41-19+,44-26+,51-8+. The fourth-order valence-corrected chi connectivity index (χ4v) is 6.84. The van der Waals surface area contributed by atoms with Crippen molar-refractivity contribution < 1.29 is 0 Å². The maximum atomic E-state index is 3.74. The molecule has 2 unspecified atom stereocenters. The summed E-state index contributed by atoms with van der Waals surface area (Å²) < 4.78 is 0. The molecular formula is C51H56N2. The van der Waals surface area contributed by atoms with Gasteiger partial charge in [-0.1, -0.05) is 170 Å². The molecule has 2 aliphatic rings. The first-order chi connectivity index (χ1) is 26.0. The van der Waals surface area contributed by atoms with E-state index in [1.165, 1.54) is 50.2 Å². The van der Waals surface area contributed by atoms with Gasteiger partial charge in [0.1, 0.15) is 0 Å². The van der Waals surface area contributed by atoms with Crippen molar-refractivity contribution in [2.75, 3.05) is 25.0 Å². The molecular weight excluding hydrogens is 641 g/mol. The van der Waals surface area contributed by atoms with Crippen LogP contribution in [0.3, 0.4) is 0 Å². The second kappa shape index (κ2) is 20.4. The minimum absolute atomic E-state index is 0.459. The maximum Gasteiger partial charge on any atom is 0.0362 e. The molecule has 1 N–H and O–H groups in total. The molecule has 0 amide bonds. The zero-order valence-electron chi connectivity index (χ0n) is 32.1. The van der Waals surface area contributed by atoms with Gasteiger partial charge in [0, 0.05) is 36.9 Å². The highest BCUT2D eigenvalue weighted by Crippen LogP contribution is 2.33. The van der Waals surface area contributed by atoms with Crippen LogP contribution >= 0.6 is 0 Å². The van der Waals surface area contributed by atoms with Crippen LogP contribution in [-0.4, -0.2) is 24.5 Å². The Balaban J connectivity index is 1.25. The van der Waals surface area contributed by atoms with E-state index in [9.17, 15) is 0 Å². The largest absolute Gasteiger partial charge is 0.382 e. The Labute approximate surface area is 319 Å². The van der Waals surface area contributed by atoms with Gasteiger partial charge in [-0.15, -0.1) is 0 Å². The molecule has 1 heterocycles. The van der Waals surface area contributed by atoms with E-state index >= 15 is 0 Å². The van der Waals surface area contributed by atoms with Gasteiger partial charge in [-0.25, -0.2) is 0 Å². The number of hydrogen-bond acceptors (Lipinski definition) is 2. The second-order valence-corrected chi connectivity index (χ2v) is 13.8. The predicted octanol–water partition coefficient (Wildman–Crippen LogP) is 12.9. The first-order valence-corrected chi connectivity index (χ1v) is 19.1. The molecule has 0 fully saturated rings. The molecule has 0 saturated heterocycles. The van der Waals surface area contributed by atoms with E-state index in [-0.39, 0.29) is 0 Å². The summed E-state index contributed by atoms with van der Waals surface area (Å²) >= 11 is 0.